The van der Waals surface area contributed by atoms with E-state index in [1.807, 2.05) is 0 Å². The quantitative estimate of drug-likeness (QED) is 0.400. The molecule has 0 atom stereocenters. The molecule has 1 rings (SSSR count). The average molecular weight is 312 g/mol. The summed E-state index contributed by atoms with van der Waals surface area (Å²) in [6, 6.07) is 10.7. The number of anilines is 1. The fourth-order valence-corrected chi connectivity index (χ4v) is 2.65. The van der Waals surface area contributed by atoms with Crippen molar-refractivity contribution in [3.8, 4) is 0 Å². The van der Waals surface area contributed by atoms with E-state index in [2.05, 4.69) is 49.2 Å². The number of para-hydroxylation sites is 1. The molecule has 21 heavy (non-hydrogen) atoms. The number of hydrogen-bond donors (Lipinski definition) is 0. The monoisotopic (exact) mass is 311 g/mol. The third-order valence-electron chi connectivity index (χ3n) is 4.04. The van der Waals surface area contributed by atoms with E-state index in [4.69, 9.17) is 0 Å². The van der Waals surface area contributed by atoms with Crippen LogP contribution in [-0.2, 0) is 0 Å². The molecule has 0 fully saturated rings. The molecule has 1 nitrogen and oxygen atoms in total. The summed E-state index contributed by atoms with van der Waals surface area (Å²) in [5.41, 5.74) is 1.34. The van der Waals surface area contributed by atoms with Gasteiger partial charge in [-0.05, 0) is 18.6 Å². The van der Waals surface area contributed by atoms with E-state index < -0.39 is 0 Å². The average Bonchev–Trinajstić information content (AvgIpc) is 2.50. The standard InChI is InChI=1S/C19H33N.ClH/c1-3-4-5-6-7-8-9-10-11-15-18-20(2)19-16-13-12-14-17-19;/h12-14,16-17H,3-11,15,18H2,1-2H3;1H. The maximum atomic E-state index is 2.37. The lowest BCUT2D eigenvalue weighted by Gasteiger charge is -2.18. The molecule has 1 aromatic rings. The lowest BCUT2D eigenvalue weighted by atomic mass is 10.1. The molecule has 1 aromatic carbocycles. The molecular formula is C19H34ClN. The van der Waals surface area contributed by atoms with Crippen molar-refractivity contribution in [2.24, 2.45) is 0 Å². The zero-order valence-electron chi connectivity index (χ0n) is 14.0. The second-order valence-corrected chi connectivity index (χ2v) is 5.94. The minimum atomic E-state index is 0. The molecule has 0 saturated carbocycles. The summed E-state index contributed by atoms with van der Waals surface area (Å²) in [7, 11) is 2.20. The molecule has 0 unspecified atom stereocenters. The minimum absolute atomic E-state index is 0. The Hall–Kier alpha value is -0.690. The van der Waals surface area contributed by atoms with Crippen LogP contribution in [0.15, 0.2) is 30.3 Å². The molecule has 0 amide bonds. The molecule has 122 valence electrons. The first-order valence-electron chi connectivity index (χ1n) is 8.60. The topological polar surface area (TPSA) is 3.24 Å². The highest BCUT2D eigenvalue weighted by Crippen LogP contribution is 2.13. The fraction of sp³-hybridized carbons (Fsp3) is 0.684. The van der Waals surface area contributed by atoms with Gasteiger partial charge >= 0.3 is 0 Å². The van der Waals surface area contributed by atoms with Crippen molar-refractivity contribution in [3.63, 3.8) is 0 Å². The first-order valence-corrected chi connectivity index (χ1v) is 8.60. The van der Waals surface area contributed by atoms with E-state index in [-0.39, 0.29) is 12.4 Å². The molecular weight excluding hydrogens is 278 g/mol. The van der Waals surface area contributed by atoms with Gasteiger partial charge in [0.1, 0.15) is 0 Å². The lowest BCUT2D eigenvalue weighted by molar-refractivity contribution is 0.556. The Morgan fingerprint density at radius 1 is 0.714 bits per heavy atom. The van der Waals surface area contributed by atoms with E-state index >= 15 is 0 Å². The van der Waals surface area contributed by atoms with Crippen molar-refractivity contribution in [1.82, 2.24) is 0 Å². The summed E-state index contributed by atoms with van der Waals surface area (Å²) in [5, 5.41) is 0. The van der Waals surface area contributed by atoms with Gasteiger partial charge in [0.15, 0.2) is 0 Å². The van der Waals surface area contributed by atoms with Crippen LogP contribution in [0.5, 0.6) is 0 Å². The Bertz CT molecular complexity index is 313. The maximum absolute atomic E-state index is 2.37. The van der Waals surface area contributed by atoms with E-state index in [0.29, 0.717) is 0 Å². The lowest BCUT2D eigenvalue weighted by Crippen LogP contribution is -2.18. The van der Waals surface area contributed by atoms with Crippen LogP contribution < -0.4 is 4.90 Å². The first-order chi connectivity index (χ1) is 9.84. The summed E-state index contributed by atoms with van der Waals surface area (Å²) in [4.78, 5) is 2.37. The zero-order valence-corrected chi connectivity index (χ0v) is 14.8. The van der Waals surface area contributed by atoms with Gasteiger partial charge in [0, 0.05) is 19.3 Å². The van der Waals surface area contributed by atoms with Gasteiger partial charge < -0.3 is 4.90 Å². The van der Waals surface area contributed by atoms with Gasteiger partial charge in [-0.15, -0.1) is 12.4 Å². The molecule has 0 heterocycles. The third-order valence-corrected chi connectivity index (χ3v) is 4.04. The van der Waals surface area contributed by atoms with Gasteiger partial charge in [0.05, 0.1) is 0 Å². The normalized spacial score (nSPS) is 10.2. The van der Waals surface area contributed by atoms with Crippen molar-refractivity contribution in [1.29, 1.82) is 0 Å². The SMILES string of the molecule is CCCCCCCCCCCCN(C)c1ccccc1.Cl. The van der Waals surface area contributed by atoms with Crippen LogP contribution in [0, 0.1) is 0 Å². The van der Waals surface area contributed by atoms with E-state index in [1.165, 1.54) is 76.4 Å². The Labute approximate surface area is 138 Å². The summed E-state index contributed by atoms with van der Waals surface area (Å²) in [5.74, 6) is 0. The molecule has 0 aliphatic rings. The van der Waals surface area contributed by atoms with Crippen molar-refractivity contribution in [3.05, 3.63) is 30.3 Å². The summed E-state index contributed by atoms with van der Waals surface area (Å²) < 4.78 is 0. The van der Waals surface area contributed by atoms with Crippen LogP contribution in [0.2, 0.25) is 0 Å². The molecule has 0 aliphatic heterocycles. The van der Waals surface area contributed by atoms with E-state index in [0.717, 1.165) is 0 Å². The van der Waals surface area contributed by atoms with Gasteiger partial charge in [-0.25, -0.2) is 0 Å². The smallest absolute Gasteiger partial charge is 0.0363 e. The number of nitrogens with zero attached hydrogens (tertiary/aromatic N) is 1. The summed E-state index contributed by atoms with van der Waals surface area (Å²) in [6.45, 7) is 3.47. The van der Waals surface area contributed by atoms with Crippen LogP contribution in [0.4, 0.5) is 5.69 Å². The van der Waals surface area contributed by atoms with E-state index in [9.17, 15) is 0 Å². The van der Waals surface area contributed by atoms with Crippen molar-refractivity contribution in [2.45, 2.75) is 71.1 Å². The number of rotatable bonds is 12. The molecule has 2 heteroatoms. The Morgan fingerprint density at radius 2 is 1.19 bits per heavy atom. The van der Waals surface area contributed by atoms with Crippen molar-refractivity contribution in [2.75, 3.05) is 18.5 Å². The highest BCUT2D eigenvalue weighted by molar-refractivity contribution is 5.85. The molecule has 0 bridgehead atoms. The summed E-state index contributed by atoms with van der Waals surface area (Å²) in [6.07, 6.45) is 14.1. The predicted molar refractivity (Wildman–Crippen MR) is 98.8 cm³/mol. The van der Waals surface area contributed by atoms with Crippen LogP contribution in [-0.4, -0.2) is 13.6 Å². The van der Waals surface area contributed by atoms with Crippen molar-refractivity contribution < 1.29 is 0 Å². The number of hydrogen-bond acceptors (Lipinski definition) is 1. The number of halogens is 1. The Morgan fingerprint density at radius 3 is 1.71 bits per heavy atom. The van der Waals surface area contributed by atoms with Gasteiger partial charge in [0.2, 0.25) is 0 Å². The summed E-state index contributed by atoms with van der Waals surface area (Å²) >= 11 is 0. The van der Waals surface area contributed by atoms with Crippen LogP contribution >= 0.6 is 12.4 Å². The van der Waals surface area contributed by atoms with E-state index in [1.54, 1.807) is 0 Å². The van der Waals surface area contributed by atoms with Crippen LogP contribution in [0.3, 0.4) is 0 Å². The van der Waals surface area contributed by atoms with Gasteiger partial charge in [-0.2, -0.15) is 0 Å². The molecule has 0 aromatic heterocycles. The molecule has 0 aliphatic carbocycles. The Kier molecular flexibility index (Phi) is 13.8. The third kappa shape index (κ3) is 10.6. The largest absolute Gasteiger partial charge is 0.375 e. The first kappa shape index (κ1) is 20.3. The highest BCUT2D eigenvalue weighted by Gasteiger charge is 1.99. The highest BCUT2D eigenvalue weighted by atomic mass is 35.5. The van der Waals surface area contributed by atoms with Gasteiger partial charge in [-0.3, -0.25) is 0 Å². The number of benzene rings is 1. The van der Waals surface area contributed by atoms with Crippen molar-refractivity contribution >= 4 is 18.1 Å². The second kappa shape index (κ2) is 14.3. The van der Waals surface area contributed by atoms with Crippen LogP contribution in [0.25, 0.3) is 0 Å². The molecule has 0 radical (unpaired) electrons. The van der Waals surface area contributed by atoms with Gasteiger partial charge in [0.25, 0.3) is 0 Å². The number of unbranched alkanes of at least 4 members (excludes halogenated alkanes) is 9. The molecule has 0 N–H and O–H groups in total. The van der Waals surface area contributed by atoms with Gasteiger partial charge in [-0.1, -0.05) is 82.9 Å². The Balaban J connectivity index is 0.00000400. The fourth-order valence-electron chi connectivity index (χ4n) is 2.65. The minimum Gasteiger partial charge on any atom is -0.375 e. The second-order valence-electron chi connectivity index (χ2n) is 5.94. The van der Waals surface area contributed by atoms with Crippen LogP contribution in [0.1, 0.15) is 71.1 Å². The molecule has 0 spiro atoms. The predicted octanol–water partition coefficient (Wildman–Crippen LogP) is 6.47. The maximum Gasteiger partial charge on any atom is 0.0363 e. The zero-order chi connectivity index (χ0) is 14.5. The molecule has 0 saturated heterocycles.